The molecule has 3 rings (SSSR count). The summed E-state index contributed by atoms with van der Waals surface area (Å²) >= 11 is 6.08. The lowest BCUT2D eigenvalue weighted by molar-refractivity contribution is 0.821. The van der Waals surface area contributed by atoms with E-state index in [1.54, 1.807) is 0 Å². The summed E-state index contributed by atoms with van der Waals surface area (Å²) in [7, 11) is 0. The van der Waals surface area contributed by atoms with Crippen LogP contribution in [-0.4, -0.2) is 4.98 Å². The van der Waals surface area contributed by atoms with E-state index in [-0.39, 0.29) is 0 Å². The molecular formula is C14H13ClN2. The van der Waals surface area contributed by atoms with E-state index in [0.29, 0.717) is 6.04 Å². The Labute approximate surface area is 106 Å². The van der Waals surface area contributed by atoms with Crippen molar-refractivity contribution in [3.05, 3.63) is 58.4 Å². The van der Waals surface area contributed by atoms with Gasteiger partial charge in [0.25, 0.3) is 0 Å². The first kappa shape index (κ1) is 10.6. The summed E-state index contributed by atoms with van der Waals surface area (Å²) in [5, 5.41) is 4.38. The Balaban J connectivity index is 1.96. The molecule has 0 aliphatic carbocycles. The van der Waals surface area contributed by atoms with Crippen LogP contribution < -0.4 is 5.32 Å². The average Bonchev–Trinajstić information content (AvgIpc) is 2.74. The topological polar surface area (TPSA) is 24.9 Å². The number of aromatic nitrogens is 1. The second-order valence-electron chi connectivity index (χ2n) is 4.44. The first-order chi connectivity index (χ1) is 8.24. The fourth-order valence-corrected chi connectivity index (χ4v) is 2.72. The second-order valence-corrected chi connectivity index (χ2v) is 4.87. The van der Waals surface area contributed by atoms with Crippen LogP contribution in [0.25, 0.3) is 0 Å². The molecule has 1 aromatic carbocycles. The van der Waals surface area contributed by atoms with Crippen LogP contribution in [0.2, 0.25) is 5.02 Å². The Morgan fingerprint density at radius 1 is 1.29 bits per heavy atom. The van der Waals surface area contributed by atoms with E-state index in [9.17, 15) is 0 Å². The van der Waals surface area contributed by atoms with Gasteiger partial charge in [0.05, 0.1) is 6.04 Å². The van der Waals surface area contributed by atoms with Gasteiger partial charge in [-0.25, -0.2) is 0 Å². The van der Waals surface area contributed by atoms with Gasteiger partial charge in [-0.05, 0) is 54.3 Å². The van der Waals surface area contributed by atoms with Gasteiger partial charge in [-0.1, -0.05) is 11.6 Å². The van der Waals surface area contributed by atoms with E-state index in [2.05, 4.69) is 35.4 Å². The highest BCUT2D eigenvalue weighted by Crippen LogP contribution is 2.37. The zero-order chi connectivity index (χ0) is 11.8. The van der Waals surface area contributed by atoms with E-state index in [1.807, 2.05) is 18.5 Å². The maximum absolute atomic E-state index is 6.08. The van der Waals surface area contributed by atoms with Gasteiger partial charge in [-0.2, -0.15) is 0 Å². The molecule has 1 aliphatic heterocycles. The van der Waals surface area contributed by atoms with Crippen molar-refractivity contribution in [3.63, 3.8) is 0 Å². The molecule has 1 unspecified atom stereocenters. The standard InChI is InChI=1S/C14H13ClN2/c1-9-6-12(15)7-11-8-13(17-14(9)11)10-2-4-16-5-3-10/h2-7,13,17H,8H2,1H3. The summed E-state index contributed by atoms with van der Waals surface area (Å²) in [6, 6.07) is 8.51. The molecule has 2 heterocycles. The van der Waals surface area contributed by atoms with E-state index >= 15 is 0 Å². The summed E-state index contributed by atoms with van der Waals surface area (Å²) in [6.07, 6.45) is 4.65. The molecule has 86 valence electrons. The Morgan fingerprint density at radius 3 is 2.82 bits per heavy atom. The monoisotopic (exact) mass is 244 g/mol. The number of hydrogen-bond donors (Lipinski definition) is 1. The molecule has 2 aromatic rings. The van der Waals surface area contributed by atoms with Gasteiger partial charge in [0.15, 0.2) is 0 Å². The molecule has 0 radical (unpaired) electrons. The van der Waals surface area contributed by atoms with Crippen molar-refractivity contribution in [2.45, 2.75) is 19.4 Å². The molecule has 0 amide bonds. The number of nitrogens with one attached hydrogen (secondary N) is 1. The lowest BCUT2D eigenvalue weighted by atomic mass is 10.0. The minimum atomic E-state index is 0.338. The van der Waals surface area contributed by atoms with E-state index in [4.69, 9.17) is 11.6 Å². The quantitative estimate of drug-likeness (QED) is 0.826. The minimum Gasteiger partial charge on any atom is -0.377 e. The third kappa shape index (κ3) is 1.89. The fraction of sp³-hybridized carbons (Fsp3) is 0.214. The predicted molar refractivity (Wildman–Crippen MR) is 70.5 cm³/mol. The van der Waals surface area contributed by atoms with Gasteiger partial charge in [0.2, 0.25) is 0 Å². The number of rotatable bonds is 1. The number of anilines is 1. The third-order valence-electron chi connectivity index (χ3n) is 3.23. The largest absolute Gasteiger partial charge is 0.377 e. The third-order valence-corrected chi connectivity index (χ3v) is 3.45. The van der Waals surface area contributed by atoms with Crippen LogP contribution in [0.15, 0.2) is 36.7 Å². The van der Waals surface area contributed by atoms with Gasteiger partial charge in [0, 0.05) is 23.1 Å². The van der Waals surface area contributed by atoms with E-state index in [0.717, 1.165) is 11.4 Å². The van der Waals surface area contributed by atoms with Gasteiger partial charge in [0.1, 0.15) is 0 Å². The number of benzene rings is 1. The smallest absolute Gasteiger partial charge is 0.0556 e. The normalized spacial score (nSPS) is 17.6. The van der Waals surface area contributed by atoms with Crippen molar-refractivity contribution in [2.75, 3.05) is 5.32 Å². The van der Waals surface area contributed by atoms with Crippen LogP contribution in [0.1, 0.15) is 22.7 Å². The van der Waals surface area contributed by atoms with Gasteiger partial charge in [-0.15, -0.1) is 0 Å². The molecule has 17 heavy (non-hydrogen) atoms. The van der Waals surface area contributed by atoms with E-state index in [1.165, 1.54) is 22.4 Å². The number of aryl methyl sites for hydroxylation is 1. The molecule has 0 saturated heterocycles. The molecule has 0 fully saturated rings. The Hall–Kier alpha value is -1.54. The van der Waals surface area contributed by atoms with Crippen molar-refractivity contribution >= 4 is 17.3 Å². The van der Waals surface area contributed by atoms with Crippen molar-refractivity contribution < 1.29 is 0 Å². The maximum Gasteiger partial charge on any atom is 0.0556 e. The van der Waals surface area contributed by atoms with Crippen molar-refractivity contribution in [2.24, 2.45) is 0 Å². The van der Waals surface area contributed by atoms with Crippen LogP contribution in [0, 0.1) is 6.92 Å². The zero-order valence-corrected chi connectivity index (χ0v) is 10.3. The first-order valence-corrected chi connectivity index (χ1v) is 6.07. The highest BCUT2D eigenvalue weighted by molar-refractivity contribution is 6.30. The van der Waals surface area contributed by atoms with Crippen molar-refractivity contribution in [1.82, 2.24) is 4.98 Å². The summed E-state index contributed by atoms with van der Waals surface area (Å²) in [5.74, 6) is 0. The second kappa shape index (κ2) is 4.04. The fourth-order valence-electron chi connectivity index (χ4n) is 2.42. The summed E-state index contributed by atoms with van der Waals surface area (Å²) in [6.45, 7) is 2.09. The highest BCUT2D eigenvalue weighted by Gasteiger charge is 2.23. The number of hydrogen-bond acceptors (Lipinski definition) is 2. The van der Waals surface area contributed by atoms with Crippen LogP contribution in [0.3, 0.4) is 0 Å². The van der Waals surface area contributed by atoms with Crippen LogP contribution in [0.5, 0.6) is 0 Å². The summed E-state index contributed by atoms with van der Waals surface area (Å²) in [5.41, 5.74) is 5.02. The van der Waals surface area contributed by atoms with E-state index < -0.39 is 0 Å². The molecule has 1 aliphatic rings. The zero-order valence-electron chi connectivity index (χ0n) is 9.57. The van der Waals surface area contributed by atoms with Gasteiger partial charge < -0.3 is 5.32 Å². The Kier molecular flexibility index (Phi) is 2.52. The summed E-state index contributed by atoms with van der Waals surface area (Å²) in [4.78, 5) is 4.05. The average molecular weight is 245 g/mol. The van der Waals surface area contributed by atoms with Crippen LogP contribution in [0.4, 0.5) is 5.69 Å². The van der Waals surface area contributed by atoms with Gasteiger partial charge >= 0.3 is 0 Å². The molecule has 3 heteroatoms. The Bertz CT molecular complexity index is 552. The SMILES string of the molecule is Cc1cc(Cl)cc2c1NC(c1ccncc1)C2. The molecule has 0 bridgehead atoms. The lowest BCUT2D eigenvalue weighted by Gasteiger charge is -2.11. The molecule has 0 spiro atoms. The van der Waals surface area contributed by atoms with Crippen LogP contribution in [-0.2, 0) is 6.42 Å². The number of nitrogens with zero attached hydrogens (tertiary/aromatic N) is 1. The summed E-state index contributed by atoms with van der Waals surface area (Å²) < 4.78 is 0. The van der Waals surface area contributed by atoms with Gasteiger partial charge in [-0.3, -0.25) is 4.98 Å². The van der Waals surface area contributed by atoms with Crippen molar-refractivity contribution in [1.29, 1.82) is 0 Å². The number of pyridine rings is 1. The molecular weight excluding hydrogens is 232 g/mol. The first-order valence-electron chi connectivity index (χ1n) is 5.69. The molecule has 1 atom stereocenters. The molecule has 1 aromatic heterocycles. The lowest BCUT2D eigenvalue weighted by Crippen LogP contribution is -2.05. The highest BCUT2D eigenvalue weighted by atomic mass is 35.5. The van der Waals surface area contributed by atoms with Crippen molar-refractivity contribution in [3.8, 4) is 0 Å². The molecule has 0 saturated carbocycles. The Morgan fingerprint density at radius 2 is 2.06 bits per heavy atom. The number of fused-ring (bicyclic) bond motifs is 1. The number of halogens is 1. The predicted octanol–water partition coefficient (Wildman–Crippen LogP) is 3.75. The minimum absolute atomic E-state index is 0.338. The maximum atomic E-state index is 6.08. The van der Waals surface area contributed by atoms with Crippen LogP contribution >= 0.6 is 11.6 Å². The molecule has 1 N–H and O–H groups in total. The molecule has 2 nitrogen and oxygen atoms in total.